The van der Waals surface area contributed by atoms with E-state index in [-0.39, 0.29) is 12.2 Å². The fourth-order valence-corrected chi connectivity index (χ4v) is 4.50. The Morgan fingerprint density at radius 1 is 1.25 bits per heavy atom. The number of rotatable bonds is 3. The minimum absolute atomic E-state index is 0.0383. The summed E-state index contributed by atoms with van der Waals surface area (Å²) >= 11 is 11.4. The van der Waals surface area contributed by atoms with Crippen molar-refractivity contribution >= 4 is 39.2 Å². The molecular formula is C13H8Cl2F8N4S. The quantitative estimate of drug-likeness (QED) is 0.430. The van der Waals surface area contributed by atoms with E-state index in [4.69, 9.17) is 34.2 Å². The Kier molecular flexibility index (Phi) is 3.83. The number of halogens is 10. The molecule has 15 heteroatoms. The first-order valence-electron chi connectivity index (χ1n) is 7.15. The van der Waals surface area contributed by atoms with Gasteiger partial charge in [-0.2, -0.15) is 10.4 Å². The summed E-state index contributed by atoms with van der Waals surface area (Å²) in [6.07, 6.45) is -1.42. The maximum Gasteiger partial charge on any atom is 0.310 e. The molecule has 0 saturated heterocycles. The smallest absolute Gasteiger partial charge is 0.310 e. The van der Waals surface area contributed by atoms with E-state index in [0.717, 1.165) is 0 Å². The van der Waals surface area contributed by atoms with Crippen molar-refractivity contribution in [2.75, 3.05) is 5.73 Å². The molecule has 3 unspecified atom stereocenters. The molecule has 0 spiro atoms. The van der Waals surface area contributed by atoms with E-state index in [9.17, 15) is 32.6 Å². The van der Waals surface area contributed by atoms with E-state index in [1.54, 1.807) is 0 Å². The number of hydrogen-bond acceptors (Lipinski definition) is 3. The highest BCUT2D eigenvalue weighted by molar-refractivity contribution is 8.48. The summed E-state index contributed by atoms with van der Waals surface area (Å²) in [6, 6.07) is -0.309. The Morgan fingerprint density at radius 3 is 2.18 bits per heavy atom. The first-order chi connectivity index (χ1) is 12.3. The normalized spacial score (nSPS) is 31.9. The summed E-state index contributed by atoms with van der Waals surface area (Å²) in [4.78, 5) is -2.36. The number of aromatic nitrogens is 2. The molecule has 1 aromatic rings. The molecule has 1 heterocycles. The number of nitriles is 1. The van der Waals surface area contributed by atoms with E-state index in [1.165, 1.54) is 6.07 Å². The Hall–Kier alpha value is -1.65. The van der Waals surface area contributed by atoms with E-state index in [1.807, 2.05) is 0 Å². The van der Waals surface area contributed by atoms with Crippen molar-refractivity contribution in [2.24, 2.45) is 0 Å². The largest absolute Gasteiger partial charge is 0.384 e. The van der Waals surface area contributed by atoms with Crippen LogP contribution in [0.2, 0.25) is 0 Å². The lowest BCUT2D eigenvalue weighted by atomic mass is 10.1. The zero-order valence-corrected chi connectivity index (χ0v) is 15.5. The molecule has 1 fully saturated rings. The van der Waals surface area contributed by atoms with Crippen LogP contribution in [-0.4, -0.2) is 21.1 Å². The van der Waals surface area contributed by atoms with Crippen LogP contribution in [0.1, 0.15) is 23.7 Å². The second-order valence-corrected chi connectivity index (χ2v) is 9.65. The molecule has 28 heavy (non-hydrogen) atoms. The van der Waals surface area contributed by atoms with Crippen LogP contribution < -0.4 is 5.73 Å². The van der Waals surface area contributed by atoms with Crippen LogP contribution in [0, 0.1) is 11.3 Å². The molecule has 1 aromatic heterocycles. The number of allylic oxidation sites excluding steroid dienone is 3. The SMILES string of the molecule is N#Cc1nn(C2C(Cl)=CC(S(F)(F)(F)(F)F)=CC2Cl)c(N)c1C1(F)CC1(F)F. The van der Waals surface area contributed by atoms with Crippen molar-refractivity contribution in [2.45, 2.75) is 29.4 Å². The highest BCUT2D eigenvalue weighted by atomic mass is 35.5. The third kappa shape index (κ3) is 3.11. The van der Waals surface area contributed by atoms with Crippen LogP contribution in [0.5, 0.6) is 0 Å². The monoisotopic (exact) mass is 474 g/mol. The zero-order chi connectivity index (χ0) is 21.6. The molecule has 0 aliphatic heterocycles. The van der Waals surface area contributed by atoms with E-state index < -0.39 is 66.7 Å². The summed E-state index contributed by atoms with van der Waals surface area (Å²) in [7, 11) is -10.1. The van der Waals surface area contributed by atoms with E-state index >= 15 is 0 Å². The third-order valence-electron chi connectivity index (χ3n) is 4.27. The molecule has 4 nitrogen and oxygen atoms in total. The number of alkyl halides is 4. The Bertz CT molecular complexity index is 994. The van der Waals surface area contributed by atoms with Gasteiger partial charge >= 0.3 is 10.2 Å². The Morgan fingerprint density at radius 2 is 1.79 bits per heavy atom. The minimum Gasteiger partial charge on any atom is -0.384 e. The van der Waals surface area contributed by atoms with Crippen molar-refractivity contribution in [3.05, 3.63) is 33.3 Å². The molecular weight excluding hydrogens is 467 g/mol. The molecule has 0 bridgehead atoms. The summed E-state index contributed by atoms with van der Waals surface area (Å²) in [6.45, 7) is 0. The fourth-order valence-electron chi connectivity index (χ4n) is 2.82. The predicted molar refractivity (Wildman–Crippen MR) is 87.5 cm³/mol. The second-order valence-electron chi connectivity index (χ2n) is 6.30. The average molecular weight is 475 g/mol. The van der Waals surface area contributed by atoms with Crippen LogP contribution in [0.3, 0.4) is 0 Å². The van der Waals surface area contributed by atoms with Gasteiger partial charge in [-0.15, -0.1) is 11.6 Å². The standard InChI is InChI=1S/C13H8Cl2F8N4S/c14-6-1-5(28(19,20,21,22)23)2-7(15)10(6)27-11(25)9(8(3-24)26-27)12(16)4-13(12,17)18/h1-2,6,10H,4,25H2. The number of nitrogens with two attached hydrogens (primary N) is 1. The Balaban J connectivity index is 2.11. The molecule has 3 rings (SSSR count). The summed E-state index contributed by atoms with van der Waals surface area (Å²) < 4.78 is 107. The maximum atomic E-state index is 14.4. The number of nitrogens with zero attached hydrogens (tertiary/aromatic N) is 3. The fraction of sp³-hybridized carbons (Fsp3) is 0.385. The topological polar surface area (TPSA) is 67.6 Å². The molecule has 2 N–H and O–H groups in total. The van der Waals surface area contributed by atoms with E-state index in [0.29, 0.717) is 4.68 Å². The van der Waals surface area contributed by atoms with Gasteiger partial charge in [0.15, 0.2) is 5.69 Å². The summed E-state index contributed by atoms with van der Waals surface area (Å²) in [5.41, 5.74) is 0.493. The van der Waals surface area contributed by atoms with Crippen molar-refractivity contribution < 1.29 is 32.6 Å². The summed E-state index contributed by atoms with van der Waals surface area (Å²) in [5.74, 6) is -4.66. The Labute approximate surface area is 161 Å². The van der Waals surface area contributed by atoms with Gasteiger partial charge < -0.3 is 5.73 Å². The molecule has 1 saturated carbocycles. The molecule has 2 aliphatic rings. The second kappa shape index (κ2) is 5.09. The number of hydrogen-bond donors (Lipinski definition) is 1. The zero-order valence-electron chi connectivity index (χ0n) is 13.1. The lowest BCUT2D eigenvalue weighted by Crippen LogP contribution is -2.26. The van der Waals surface area contributed by atoms with Gasteiger partial charge in [-0.05, 0) is 12.2 Å². The van der Waals surface area contributed by atoms with Crippen LogP contribution in [0.4, 0.5) is 38.4 Å². The van der Waals surface area contributed by atoms with E-state index in [2.05, 4.69) is 5.10 Å². The van der Waals surface area contributed by atoms with Crippen LogP contribution in [-0.2, 0) is 5.67 Å². The molecule has 0 aromatic carbocycles. The van der Waals surface area contributed by atoms with Crippen LogP contribution >= 0.6 is 33.4 Å². The summed E-state index contributed by atoms with van der Waals surface area (Å²) in [5, 5.41) is 9.72. The highest BCUT2D eigenvalue weighted by Gasteiger charge is 2.76. The minimum atomic E-state index is -10.1. The van der Waals surface area contributed by atoms with Gasteiger partial charge in [-0.1, -0.05) is 31.0 Å². The van der Waals surface area contributed by atoms with Crippen molar-refractivity contribution in [3.63, 3.8) is 0 Å². The number of nitrogen functional groups attached to an aromatic ring is 1. The van der Waals surface area contributed by atoms with Gasteiger partial charge in [0.1, 0.15) is 22.8 Å². The van der Waals surface area contributed by atoms with Gasteiger partial charge in [-0.25, -0.2) is 17.9 Å². The first-order valence-corrected chi connectivity index (χ1v) is 9.91. The van der Waals surface area contributed by atoms with Gasteiger partial charge in [0.25, 0.3) is 5.92 Å². The number of anilines is 1. The van der Waals surface area contributed by atoms with Crippen molar-refractivity contribution in [3.8, 4) is 6.07 Å². The van der Waals surface area contributed by atoms with Crippen molar-refractivity contribution in [1.29, 1.82) is 5.26 Å². The molecule has 3 atom stereocenters. The van der Waals surface area contributed by atoms with Crippen LogP contribution in [0.25, 0.3) is 0 Å². The van der Waals surface area contributed by atoms with Gasteiger partial charge in [0.2, 0.25) is 5.67 Å². The lowest BCUT2D eigenvalue weighted by Gasteiger charge is -2.43. The average Bonchev–Trinajstić information content (AvgIpc) is 2.82. The highest BCUT2D eigenvalue weighted by Crippen LogP contribution is 3.02. The predicted octanol–water partition coefficient (Wildman–Crippen LogP) is 6.01. The van der Waals surface area contributed by atoms with Crippen LogP contribution in [0.15, 0.2) is 22.1 Å². The lowest BCUT2D eigenvalue weighted by molar-refractivity contribution is 0.0422. The molecule has 0 radical (unpaired) electrons. The molecule has 156 valence electrons. The third-order valence-corrected chi connectivity index (χ3v) is 6.11. The molecule has 0 amide bonds. The first kappa shape index (κ1) is 21.1. The van der Waals surface area contributed by atoms with Gasteiger partial charge in [0.05, 0.1) is 17.4 Å². The van der Waals surface area contributed by atoms with Crippen molar-refractivity contribution in [1.82, 2.24) is 9.78 Å². The van der Waals surface area contributed by atoms with Gasteiger partial charge in [-0.3, -0.25) is 0 Å². The molecule has 2 aliphatic carbocycles. The maximum absolute atomic E-state index is 14.4. The van der Waals surface area contributed by atoms with Gasteiger partial charge in [0, 0.05) is 5.03 Å².